The van der Waals surface area contributed by atoms with E-state index in [0.717, 1.165) is 25.8 Å². The topological polar surface area (TPSA) is 50.4 Å². The van der Waals surface area contributed by atoms with Gasteiger partial charge in [-0.3, -0.25) is 4.79 Å². The van der Waals surface area contributed by atoms with E-state index in [-0.39, 0.29) is 23.9 Å². The Balaban J connectivity index is 1.81. The molecule has 2 unspecified atom stereocenters. The zero-order valence-electron chi connectivity index (χ0n) is 11.7. The fourth-order valence-corrected chi connectivity index (χ4v) is 2.25. The fraction of sp³-hybridized carbons (Fsp3) is 0.533. The van der Waals surface area contributed by atoms with Gasteiger partial charge < -0.3 is 15.4 Å². The van der Waals surface area contributed by atoms with Crippen LogP contribution in [0.3, 0.4) is 0 Å². The van der Waals surface area contributed by atoms with Crippen LogP contribution in [0.2, 0.25) is 0 Å². The first-order chi connectivity index (χ1) is 9.69. The van der Waals surface area contributed by atoms with Crippen molar-refractivity contribution in [3.8, 4) is 5.75 Å². The maximum Gasteiger partial charge on any atom is 0.237 e. The number of hydrogen-bond acceptors (Lipinski definition) is 3. The molecule has 1 aromatic rings. The molecule has 1 fully saturated rings. The van der Waals surface area contributed by atoms with Crippen molar-refractivity contribution >= 4 is 5.91 Å². The summed E-state index contributed by atoms with van der Waals surface area (Å²) in [5.41, 5.74) is 0. The summed E-state index contributed by atoms with van der Waals surface area (Å²) >= 11 is 0. The Kier molecular flexibility index (Phi) is 5.35. The Hall–Kier alpha value is -1.62. The second-order valence-corrected chi connectivity index (χ2v) is 5.00. The number of hydrogen-bond donors (Lipinski definition) is 2. The molecule has 2 N–H and O–H groups in total. The van der Waals surface area contributed by atoms with Gasteiger partial charge in [-0.2, -0.15) is 0 Å². The molecule has 0 spiro atoms. The van der Waals surface area contributed by atoms with E-state index >= 15 is 0 Å². The Morgan fingerprint density at radius 3 is 3.10 bits per heavy atom. The molecule has 5 heteroatoms. The minimum Gasteiger partial charge on any atom is -0.489 e. The number of ether oxygens (including phenoxy) is 1. The molecular weight excluding hydrogens is 259 g/mol. The van der Waals surface area contributed by atoms with Gasteiger partial charge in [0.1, 0.15) is 17.7 Å². The smallest absolute Gasteiger partial charge is 0.237 e. The van der Waals surface area contributed by atoms with Crippen LogP contribution in [0.25, 0.3) is 0 Å². The van der Waals surface area contributed by atoms with Gasteiger partial charge in [0.25, 0.3) is 0 Å². The lowest BCUT2D eigenvalue weighted by Gasteiger charge is -2.19. The van der Waals surface area contributed by atoms with Crippen LogP contribution in [0.5, 0.6) is 5.75 Å². The summed E-state index contributed by atoms with van der Waals surface area (Å²) in [7, 11) is 0. The number of carbonyl (C=O) groups is 1. The van der Waals surface area contributed by atoms with Crippen molar-refractivity contribution < 1.29 is 13.9 Å². The molecule has 1 amide bonds. The molecule has 1 aliphatic heterocycles. The van der Waals surface area contributed by atoms with Crippen molar-refractivity contribution in [3.63, 3.8) is 0 Å². The second kappa shape index (κ2) is 7.24. The van der Waals surface area contributed by atoms with E-state index in [2.05, 4.69) is 10.6 Å². The summed E-state index contributed by atoms with van der Waals surface area (Å²) in [6.07, 6.45) is 2.51. The van der Waals surface area contributed by atoms with Gasteiger partial charge in [0, 0.05) is 6.07 Å². The third-order valence-corrected chi connectivity index (χ3v) is 3.43. The van der Waals surface area contributed by atoms with Crippen LogP contribution in [-0.4, -0.2) is 31.1 Å². The van der Waals surface area contributed by atoms with Gasteiger partial charge in [0.2, 0.25) is 5.91 Å². The Bertz CT molecular complexity index is 447. The number of amides is 1. The lowest BCUT2D eigenvalue weighted by molar-refractivity contribution is -0.123. The van der Waals surface area contributed by atoms with Gasteiger partial charge >= 0.3 is 0 Å². The van der Waals surface area contributed by atoms with Crippen LogP contribution in [0.4, 0.5) is 4.39 Å². The molecule has 0 aromatic heterocycles. The van der Waals surface area contributed by atoms with Gasteiger partial charge in [-0.1, -0.05) is 13.0 Å². The number of halogens is 1. The van der Waals surface area contributed by atoms with Gasteiger partial charge in [-0.15, -0.1) is 0 Å². The number of benzene rings is 1. The molecule has 2 atom stereocenters. The summed E-state index contributed by atoms with van der Waals surface area (Å²) in [5.74, 6) is 0.186. The highest BCUT2D eigenvalue weighted by molar-refractivity contribution is 5.82. The zero-order valence-corrected chi connectivity index (χ0v) is 11.7. The van der Waals surface area contributed by atoms with E-state index in [1.165, 1.54) is 12.1 Å². The van der Waals surface area contributed by atoms with Crippen molar-refractivity contribution in [3.05, 3.63) is 30.1 Å². The minimum atomic E-state index is -0.323. The highest BCUT2D eigenvalue weighted by Crippen LogP contribution is 2.15. The molecular formula is C15H21FN2O2. The summed E-state index contributed by atoms with van der Waals surface area (Å²) < 4.78 is 18.8. The predicted octanol–water partition coefficient (Wildman–Crippen LogP) is 1.85. The molecule has 4 nitrogen and oxygen atoms in total. The predicted molar refractivity (Wildman–Crippen MR) is 75.1 cm³/mol. The Labute approximate surface area is 118 Å². The third kappa shape index (κ3) is 4.20. The highest BCUT2D eigenvalue weighted by Gasteiger charge is 2.22. The Morgan fingerprint density at radius 1 is 1.60 bits per heavy atom. The van der Waals surface area contributed by atoms with E-state index < -0.39 is 0 Å². The van der Waals surface area contributed by atoms with E-state index in [1.54, 1.807) is 12.1 Å². The monoisotopic (exact) mass is 280 g/mol. The van der Waals surface area contributed by atoms with Crippen LogP contribution in [0.15, 0.2) is 24.3 Å². The molecule has 20 heavy (non-hydrogen) atoms. The lowest BCUT2D eigenvalue weighted by Crippen LogP contribution is -2.44. The van der Waals surface area contributed by atoms with Crippen molar-refractivity contribution in [1.29, 1.82) is 0 Å². The summed E-state index contributed by atoms with van der Waals surface area (Å²) in [6, 6.07) is 5.97. The van der Waals surface area contributed by atoms with Crippen molar-refractivity contribution in [2.45, 2.75) is 38.3 Å². The Morgan fingerprint density at radius 2 is 2.45 bits per heavy atom. The first-order valence-corrected chi connectivity index (χ1v) is 7.12. The molecule has 1 aliphatic rings. The van der Waals surface area contributed by atoms with Gasteiger partial charge in [0.15, 0.2) is 0 Å². The van der Waals surface area contributed by atoms with Crippen LogP contribution >= 0.6 is 0 Å². The second-order valence-electron chi connectivity index (χ2n) is 5.00. The average Bonchev–Trinajstić information content (AvgIpc) is 2.97. The quantitative estimate of drug-likeness (QED) is 0.836. The molecule has 0 radical (unpaired) electrons. The van der Waals surface area contributed by atoms with E-state index in [0.29, 0.717) is 12.3 Å². The van der Waals surface area contributed by atoms with Gasteiger partial charge in [0.05, 0.1) is 12.6 Å². The van der Waals surface area contributed by atoms with E-state index in [4.69, 9.17) is 4.74 Å². The van der Waals surface area contributed by atoms with Crippen LogP contribution < -0.4 is 15.4 Å². The minimum absolute atomic E-state index is 0.0174. The maximum absolute atomic E-state index is 13.1. The molecule has 1 saturated heterocycles. The van der Waals surface area contributed by atoms with Crippen LogP contribution in [0.1, 0.15) is 26.2 Å². The number of rotatable bonds is 6. The molecule has 0 saturated carbocycles. The first kappa shape index (κ1) is 14.8. The molecule has 1 heterocycles. The van der Waals surface area contributed by atoms with Gasteiger partial charge in [-0.05, 0) is 37.9 Å². The molecule has 0 bridgehead atoms. The first-order valence-electron chi connectivity index (χ1n) is 7.12. The third-order valence-electron chi connectivity index (χ3n) is 3.43. The standard InChI is InChI=1S/C15H21FN2O2/c1-2-12(20-13-6-3-5-11(16)9-13)10-18-15(19)14-7-4-8-17-14/h3,5-6,9,12,14,17H,2,4,7-8,10H2,1H3,(H,18,19). The maximum atomic E-state index is 13.1. The number of carbonyl (C=O) groups excluding carboxylic acids is 1. The van der Waals surface area contributed by atoms with Crippen LogP contribution in [0, 0.1) is 5.82 Å². The van der Waals surface area contributed by atoms with E-state index in [9.17, 15) is 9.18 Å². The molecule has 2 rings (SSSR count). The molecule has 1 aromatic carbocycles. The summed E-state index contributed by atoms with van der Waals surface area (Å²) in [4.78, 5) is 11.9. The summed E-state index contributed by atoms with van der Waals surface area (Å²) in [5, 5.41) is 6.04. The average molecular weight is 280 g/mol. The normalized spacial score (nSPS) is 19.6. The van der Waals surface area contributed by atoms with Crippen molar-refractivity contribution in [2.75, 3.05) is 13.1 Å². The lowest BCUT2D eigenvalue weighted by atomic mass is 10.2. The van der Waals surface area contributed by atoms with Crippen molar-refractivity contribution in [1.82, 2.24) is 10.6 Å². The number of nitrogens with one attached hydrogen (secondary N) is 2. The summed E-state index contributed by atoms with van der Waals surface area (Å²) in [6.45, 7) is 3.31. The molecule has 110 valence electrons. The largest absolute Gasteiger partial charge is 0.489 e. The molecule has 0 aliphatic carbocycles. The van der Waals surface area contributed by atoms with Crippen LogP contribution in [-0.2, 0) is 4.79 Å². The highest BCUT2D eigenvalue weighted by atomic mass is 19.1. The fourth-order valence-electron chi connectivity index (χ4n) is 2.25. The SMILES string of the molecule is CCC(CNC(=O)C1CCCN1)Oc1cccc(F)c1. The van der Waals surface area contributed by atoms with Gasteiger partial charge in [-0.25, -0.2) is 4.39 Å². The van der Waals surface area contributed by atoms with Crippen molar-refractivity contribution in [2.24, 2.45) is 0 Å². The van der Waals surface area contributed by atoms with E-state index in [1.807, 2.05) is 6.92 Å². The zero-order chi connectivity index (χ0) is 14.4.